The third-order valence-corrected chi connectivity index (χ3v) is 6.73. The Labute approximate surface area is 220 Å². The third kappa shape index (κ3) is 4.59. The second kappa shape index (κ2) is 10.4. The highest BCUT2D eigenvalue weighted by atomic mass is 16.2. The number of aromatic nitrogens is 3. The number of benzene rings is 3. The minimum Gasteiger partial charge on any atom is -0.354 e. The number of aryl methyl sites for hydroxylation is 2. The highest BCUT2D eigenvalue weighted by Gasteiger charge is 2.22. The Bertz CT molecular complexity index is 1780. The normalized spacial score (nSPS) is 11.3. The van der Waals surface area contributed by atoms with E-state index in [1.165, 1.54) is 15.2 Å². The first-order valence-corrected chi connectivity index (χ1v) is 12.7. The summed E-state index contributed by atoms with van der Waals surface area (Å²) in [5, 5.41) is 3.63. The largest absolute Gasteiger partial charge is 0.354 e. The molecule has 5 aromatic rings. The van der Waals surface area contributed by atoms with E-state index in [1.54, 1.807) is 43.4 Å². The van der Waals surface area contributed by atoms with Gasteiger partial charge >= 0.3 is 5.69 Å². The average molecular weight is 507 g/mol. The zero-order chi connectivity index (χ0) is 26.8. The number of rotatable bonds is 7. The summed E-state index contributed by atoms with van der Waals surface area (Å²) in [6, 6.07) is 27.2. The van der Waals surface area contributed by atoms with E-state index in [0.29, 0.717) is 23.0 Å². The van der Waals surface area contributed by atoms with E-state index in [4.69, 9.17) is 0 Å². The minimum atomic E-state index is -0.551. The quantitative estimate of drug-likeness (QED) is 0.330. The molecule has 0 amide bonds. The lowest BCUT2D eigenvalue weighted by molar-refractivity contribution is 0.587. The first-order chi connectivity index (χ1) is 18.4. The number of hydrogen-bond donors (Lipinski definition) is 1. The Balaban J connectivity index is 1.86. The van der Waals surface area contributed by atoms with E-state index in [1.807, 2.05) is 42.5 Å². The molecule has 0 fully saturated rings. The van der Waals surface area contributed by atoms with E-state index in [0.717, 1.165) is 28.7 Å². The molecule has 0 bridgehead atoms. The number of hydrogen-bond acceptors (Lipinski definition) is 4. The summed E-state index contributed by atoms with van der Waals surface area (Å²) in [6.07, 6.45) is 1.86. The van der Waals surface area contributed by atoms with Crippen LogP contribution in [0, 0.1) is 5.92 Å². The smallest absolute Gasteiger partial charge is 0.341 e. The number of pyridine rings is 1. The van der Waals surface area contributed by atoms with Gasteiger partial charge in [0.25, 0.3) is 11.1 Å². The van der Waals surface area contributed by atoms with Gasteiger partial charge in [-0.2, -0.15) is 0 Å². The summed E-state index contributed by atoms with van der Waals surface area (Å²) in [4.78, 5) is 41.2. The van der Waals surface area contributed by atoms with Crippen LogP contribution >= 0.6 is 0 Å². The van der Waals surface area contributed by atoms with Gasteiger partial charge < -0.3 is 5.32 Å². The molecule has 38 heavy (non-hydrogen) atoms. The van der Waals surface area contributed by atoms with Crippen LogP contribution in [-0.4, -0.2) is 13.7 Å². The summed E-state index contributed by atoms with van der Waals surface area (Å²) in [7, 11) is 1.58. The van der Waals surface area contributed by atoms with Gasteiger partial charge in [0.15, 0.2) is 0 Å². The van der Waals surface area contributed by atoms with Crippen LogP contribution in [0.25, 0.3) is 22.4 Å². The molecule has 0 spiro atoms. The molecule has 2 heterocycles. The van der Waals surface area contributed by atoms with Gasteiger partial charge in [-0.05, 0) is 54.7 Å². The Hall–Kier alpha value is -4.65. The van der Waals surface area contributed by atoms with Crippen molar-refractivity contribution in [1.82, 2.24) is 13.7 Å². The number of para-hydroxylation sites is 3. The van der Waals surface area contributed by atoms with Crippen LogP contribution in [0.3, 0.4) is 0 Å². The lowest BCUT2D eigenvalue weighted by atomic mass is 10.0. The molecule has 0 saturated carbocycles. The fraction of sp³-hybridized carbons (Fsp3) is 0.194. The molecule has 192 valence electrons. The van der Waals surface area contributed by atoms with Gasteiger partial charge in [0.05, 0.1) is 17.1 Å². The Morgan fingerprint density at radius 1 is 0.737 bits per heavy atom. The van der Waals surface area contributed by atoms with E-state index in [2.05, 4.69) is 25.2 Å². The second-order valence-electron chi connectivity index (χ2n) is 9.80. The highest BCUT2D eigenvalue weighted by Crippen LogP contribution is 2.27. The SMILES string of the molecule is CC(C)CCc1ccccc1Nc1cc(=O)n(C)c2c1c(=O)n(-c1ccccc1)c(=O)n2-c1ccccc1. The predicted molar refractivity (Wildman–Crippen MR) is 153 cm³/mol. The standard InChI is InChI=1S/C31H30N4O3/c1-21(2)18-19-22-12-10-11-17-25(22)32-26-20-27(36)33(3)29-28(26)30(37)35(24-15-8-5-9-16-24)31(38)34(29)23-13-6-4-7-14-23/h4-17,20-21,32H,18-19H2,1-3H3. The first kappa shape index (κ1) is 25.0. The molecule has 7 nitrogen and oxygen atoms in total. The van der Waals surface area contributed by atoms with Crippen LogP contribution in [0.1, 0.15) is 25.8 Å². The maximum atomic E-state index is 14.1. The third-order valence-electron chi connectivity index (χ3n) is 6.73. The molecule has 0 radical (unpaired) electrons. The van der Waals surface area contributed by atoms with Crippen molar-refractivity contribution in [3.05, 3.63) is 128 Å². The number of fused-ring (bicyclic) bond motifs is 1. The molecule has 3 aromatic carbocycles. The van der Waals surface area contributed by atoms with Crippen molar-refractivity contribution >= 4 is 22.4 Å². The molecular formula is C31H30N4O3. The van der Waals surface area contributed by atoms with Crippen molar-refractivity contribution in [1.29, 1.82) is 0 Å². The van der Waals surface area contributed by atoms with Crippen molar-refractivity contribution in [2.75, 3.05) is 5.32 Å². The monoisotopic (exact) mass is 506 g/mol. The van der Waals surface area contributed by atoms with Crippen LogP contribution < -0.4 is 22.1 Å². The molecule has 0 atom stereocenters. The Kier molecular flexibility index (Phi) is 6.83. The molecule has 2 aromatic heterocycles. The highest BCUT2D eigenvalue weighted by molar-refractivity contribution is 5.92. The van der Waals surface area contributed by atoms with Gasteiger partial charge in [-0.15, -0.1) is 0 Å². The Morgan fingerprint density at radius 2 is 1.32 bits per heavy atom. The maximum Gasteiger partial charge on any atom is 0.341 e. The molecule has 0 aliphatic carbocycles. The lowest BCUT2D eigenvalue weighted by Crippen LogP contribution is -2.40. The van der Waals surface area contributed by atoms with Crippen LogP contribution in [0.5, 0.6) is 0 Å². The summed E-state index contributed by atoms with van der Waals surface area (Å²) < 4.78 is 3.95. The van der Waals surface area contributed by atoms with E-state index >= 15 is 0 Å². The van der Waals surface area contributed by atoms with Crippen LogP contribution in [0.2, 0.25) is 0 Å². The number of anilines is 2. The van der Waals surface area contributed by atoms with Gasteiger partial charge in [-0.25, -0.2) is 13.9 Å². The molecule has 0 aliphatic rings. The zero-order valence-electron chi connectivity index (χ0n) is 21.7. The van der Waals surface area contributed by atoms with Crippen LogP contribution in [0.15, 0.2) is 105 Å². The fourth-order valence-corrected chi connectivity index (χ4v) is 4.71. The maximum absolute atomic E-state index is 14.1. The molecular weight excluding hydrogens is 476 g/mol. The number of nitrogens with zero attached hydrogens (tertiary/aromatic N) is 3. The van der Waals surface area contributed by atoms with Gasteiger partial charge in [0.2, 0.25) is 0 Å². The van der Waals surface area contributed by atoms with E-state index in [9.17, 15) is 14.4 Å². The fourth-order valence-electron chi connectivity index (χ4n) is 4.71. The van der Waals surface area contributed by atoms with Crippen LogP contribution in [-0.2, 0) is 13.5 Å². The van der Waals surface area contributed by atoms with Gasteiger partial charge in [-0.1, -0.05) is 68.4 Å². The molecule has 0 saturated heterocycles. The lowest BCUT2D eigenvalue weighted by Gasteiger charge is -2.20. The van der Waals surface area contributed by atoms with Gasteiger partial charge in [0, 0.05) is 18.8 Å². The second-order valence-corrected chi connectivity index (χ2v) is 9.80. The average Bonchev–Trinajstić information content (AvgIpc) is 2.92. The predicted octanol–water partition coefficient (Wildman–Crippen LogP) is 5.17. The zero-order valence-corrected chi connectivity index (χ0v) is 21.7. The van der Waals surface area contributed by atoms with Crippen molar-refractivity contribution in [3.8, 4) is 11.4 Å². The summed E-state index contributed by atoms with van der Waals surface area (Å²) in [5.41, 5.74) is 2.13. The minimum absolute atomic E-state index is 0.230. The Morgan fingerprint density at radius 3 is 1.95 bits per heavy atom. The van der Waals surface area contributed by atoms with Crippen molar-refractivity contribution in [2.45, 2.75) is 26.7 Å². The summed E-state index contributed by atoms with van der Waals surface area (Å²) >= 11 is 0. The first-order valence-electron chi connectivity index (χ1n) is 12.7. The van der Waals surface area contributed by atoms with Crippen molar-refractivity contribution in [3.63, 3.8) is 0 Å². The topological polar surface area (TPSA) is 78.0 Å². The van der Waals surface area contributed by atoms with Crippen LogP contribution in [0.4, 0.5) is 11.4 Å². The number of nitrogens with one attached hydrogen (secondary N) is 1. The van der Waals surface area contributed by atoms with Crippen molar-refractivity contribution in [2.24, 2.45) is 13.0 Å². The summed E-state index contributed by atoms with van der Waals surface area (Å²) in [6.45, 7) is 4.36. The molecule has 5 rings (SSSR count). The molecule has 1 N–H and O–H groups in total. The van der Waals surface area contributed by atoms with E-state index < -0.39 is 11.2 Å². The van der Waals surface area contributed by atoms with Gasteiger partial charge in [-0.3, -0.25) is 14.2 Å². The van der Waals surface area contributed by atoms with Crippen molar-refractivity contribution < 1.29 is 0 Å². The molecule has 0 unspecified atom stereocenters. The van der Waals surface area contributed by atoms with Gasteiger partial charge in [0.1, 0.15) is 11.0 Å². The summed E-state index contributed by atoms with van der Waals surface area (Å²) in [5.74, 6) is 0.534. The van der Waals surface area contributed by atoms with E-state index in [-0.39, 0.29) is 16.6 Å². The molecule has 0 aliphatic heterocycles. The molecule has 7 heteroatoms.